The Morgan fingerprint density at radius 3 is 2.76 bits per heavy atom. The summed E-state index contributed by atoms with van der Waals surface area (Å²) in [7, 11) is 0. The average molecular weight is 282 g/mol. The molecule has 21 heavy (non-hydrogen) atoms. The summed E-state index contributed by atoms with van der Waals surface area (Å²) in [4.78, 5) is 7.17. The Bertz CT molecular complexity index is 696. The van der Waals surface area contributed by atoms with Gasteiger partial charge in [0.25, 0.3) is 0 Å². The van der Waals surface area contributed by atoms with Crippen LogP contribution in [-0.2, 0) is 6.42 Å². The van der Waals surface area contributed by atoms with Crippen LogP contribution in [0.4, 0.5) is 0 Å². The summed E-state index contributed by atoms with van der Waals surface area (Å²) in [5.41, 5.74) is 5.36. The summed E-state index contributed by atoms with van der Waals surface area (Å²) in [6, 6.07) is 7.97. The zero-order chi connectivity index (χ0) is 14.7. The normalized spacial score (nSPS) is 10.8. The van der Waals surface area contributed by atoms with Crippen molar-refractivity contribution in [2.24, 2.45) is 0 Å². The number of nitrogens with one attached hydrogen (secondary N) is 2. The molecule has 0 aliphatic heterocycles. The molecule has 0 amide bonds. The highest BCUT2D eigenvalue weighted by Gasteiger charge is 2.09. The number of para-hydroxylation sites is 1. The van der Waals surface area contributed by atoms with E-state index in [1.807, 2.05) is 38.1 Å². The molecule has 3 aromatic rings. The van der Waals surface area contributed by atoms with Gasteiger partial charge < -0.3 is 9.72 Å². The SMILES string of the molecule is Cc1n[nH]c(C)c1CCOc1ccccc1-c1cnc[nH]1. The monoisotopic (exact) mass is 282 g/mol. The molecule has 2 aromatic heterocycles. The largest absolute Gasteiger partial charge is 0.493 e. The standard InChI is InChI=1S/C16H18N4O/c1-11-13(12(2)20-19-11)7-8-21-16-6-4-3-5-14(16)15-9-17-10-18-15/h3-6,9-10H,7-8H2,1-2H3,(H,17,18)(H,19,20). The fraction of sp³-hybridized carbons (Fsp3) is 0.250. The molecule has 5 heteroatoms. The summed E-state index contributed by atoms with van der Waals surface area (Å²) in [5, 5.41) is 7.21. The molecule has 108 valence electrons. The molecule has 5 nitrogen and oxygen atoms in total. The molecule has 0 saturated heterocycles. The van der Waals surface area contributed by atoms with Crippen LogP contribution in [0.1, 0.15) is 17.0 Å². The zero-order valence-corrected chi connectivity index (χ0v) is 12.2. The van der Waals surface area contributed by atoms with Crippen molar-refractivity contribution in [3.8, 4) is 17.0 Å². The number of nitrogens with zero attached hydrogens (tertiary/aromatic N) is 2. The molecular formula is C16H18N4O. The van der Waals surface area contributed by atoms with Gasteiger partial charge in [0.1, 0.15) is 5.75 Å². The Hall–Kier alpha value is -2.56. The summed E-state index contributed by atoms with van der Waals surface area (Å²) >= 11 is 0. The molecule has 1 aromatic carbocycles. The van der Waals surface area contributed by atoms with Gasteiger partial charge in [0, 0.05) is 17.7 Å². The number of aryl methyl sites for hydroxylation is 2. The van der Waals surface area contributed by atoms with Crippen LogP contribution >= 0.6 is 0 Å². The third-order valence-electron chi connectivity index (χ3n) is 3.57. The minimum absolute atomic E-state index is 0.617. The Labute approximate surface area is 123 Å². The first-order valence-electron chi connectivity index (χ1n) is 6.96. The highest BCUT2D eigenvalue weighted by atomic mass is 16.5. The van der Waals surface area contributed by atoms with Crippen LogP contribution in [0, 0.1) is 13.8 Å². The van der Waals surface area contributed by atoms with Gasteiger partial charge in [0.15, 0.2) is 0 Å². The number of H-pyrrole nitrogens is 2. The van der Waals surface area contributed by atoms with Crippen LogP contribution in [-0.4, -0.2) is 26.8 Å². The number of ether oxygens (including phenoxy) is 1. The van der Waals surface area contributed by atoms with Crippen molar-refractivity contribution >= 4 is 0 Å². The van der Waals surface area contributed by atoms with Crippen molar-refractivity contribution < 1.29 is 4.74 Å². The molecule has 0 aliphatic rings. The maximum absolute atomic E-state index is 5.95. The third kappa shape index (κ3) is 2.81. The molecule has 0 saturated carbocycles. The number of aromatic amines is 2. The van der Waals surface area contributed by atoms with Crippen LogP contribution in [0.15, 0.2) is 36.8 Å². The first kappa shape index (κ1) is 13.4. The number of aromatic nitrogens is 4. The first-order valence-corrected chi connectivity index (χ1v) is 6.96. The van der Waals surface area contributed by atoms with Crippen LogP contribution < -0.4 is 4.74 Å². The zero-order valence-electron chi connectivity index (χ0n) is 12.2. The predicted molar refractivity (Wildman–Crippen MR) is 81.3 cm³/mol. The van der Waals surface area contributed by atoms with E-state index < -0.39 is 0 Å². The van der Waals surface area contributed by atoms with Gasteiger partial charge in [0.05, 0.1) is 30.5 Å². The lowest BCUT2D eigenvalue weighted by Crippen LogP contribution is -2.03. The molecule has 0 spiro atoms. The fourth-order valence-corrected chi connectivity index (χ4v) is 2.42. The van der Waals surface area contributed by atoms with Gasteiger partial charge in [0.2, 0.25) is 0 Å². The Balaban J connectivity index is 1.72. The van der Waals surface area contributed by atoms with Gasteiger partial charge in [-0.1, -0.05) is 12.1 Å². The molecule has 3 rings (SSSR count). The van der Waals surface area contributed by atoms with Gasteiger partial charge in [-0.2, -0.15) is 5.10 Å². The van der Waals surface area contributed by atoms with Crippen molar-refractivity contribution in [2.45, 2.75) is 20.3 Å². The molecule has 0 aliphatic carbocycles. The molecule has 2 N–H and O–H groups in total. The number of imidazole rings is 1. The number of benzene rings is 1. The topological polar surface area (TPSA) is 66.6 Å². The van der Waals surface area contributed by atoms with E-state index in [4.69, 9.17) is 4.74 Å². The lowest BCUT2D eigenvalue weighted by atomic mass is 10.1. The second kappa shape index (κ2) is 5.83. The summed E-state index contributed by atoms with van der Waals surface area (Å²) in [6.07, 6.45) is 4.31. The Kier molecular flexibility index (Phi) is 3.73. The molecule has 0 atom stereocenters. The lowest BCUT2D eigenvalue weighted by molar-refractivity contribution is 0.322. The predicted octanol–water partition coefficient (Wildman–Crippen LogP) is 3.04. The van der Waals surface area contributed by atoms with Gasteiger partial charge in [-0.3, -0.25) is 5.10 Å². The summed E-state index contributed by atoms with van der Waals surface area (Å²) < 4.78 is 5.95. The van der Waals surface area contributed by atoms with Crippen molar-refractivity contribution in [2.75, 3.05) is 6.61 Å². The van der Waals surface area contributed by atoms with E-state index >= 15 is 0 Å². The fourth-order valence-electron chi connectivity index (χ4n) is 2.42. The van der Waals surface area contributed by atoms with Crippen LogP contribution in [0.2, 0.25) is 0 Å². The number of hydrogen-bond acceptors (Lipinski definition) is 3. The highest BCUT2D eigenvalue weighted by Crippen LogP contribution is 2.28. The summed E-state index contributed by atoms with van der Waals surface area (Å²) in [5.74, 6) is 0.862. The molecule has 0 radical (unpaired) electrons. The Morgan fingerprint density at radius 1 is 1.19 bits per heavy atom. The minimum atomic E-state index is 0.617. The van der Waals surface area contributed by atoms with Crippen LogP contribution in [0.25, 0.3) is 11.3 Å². The lowest BCUT2D eigenvalue weighted by Gasteiger charge is -2.10. The summed E-state index contributed by atoms with van der Waals surface area (Å²) in [6.45, 7) is 4.66. The van der Waals surface area contributed by atoms with Gasteiger partial charge in [-0.15, -0.1) is 0 Å². The van der Waals surface area contributed by atoms with Crippen molar-refractivity contribution in [3.63, 3.8) is 0 Å². The third-order valence-corrected chi connectivity index (χ3v) is 3.57. The average Bonchev–Trinajstić information content (AvgIpc) is 3.13. The van der Waals surface area contributed by atoms with E-state index in [2.05, 4.69) is 20.2 Å². The molecular weight excluding hydrogens is 264 g/mol. The van der Waals surface area contributed by atoms with Gasteiger partial charge >= 0.3 is 0 Å². The smallest absolute Gasteiger partial charge is 0.128 e. The van der Waals surface area contributed by atoms with Crippen molar-refractivity contribution in [3.05, 3.63) is 53.7 Å². The van der Waals surface area contributed by atoms with Crippen molar-refractivity contribution in [1.82, 2.24) is 20.2 Å². The van der Waals surface area contributed by atoms with E-state index in [1.165, 1.54) is 5.56 Å². The van der Waals surface area contributed by atoms with Crippen molar-refractivity contribution in [1.29, 1.82) is 0 Å². The van der Waals surface area contributed by atoms with E-state index in [-0.39, 0.29) is 0 Å². The molecule has 0 unspecified atom stereocenters. The highest BCUT2D eigenvalue weighted by molar-refractivity contribution is 5.66. The second-order valence-corrected chi connectivity index (χ2v) is 4.97. The van der Waals surface area contributed by atoms with E-state index in [9.17, 15) is 0 Å². The first-order chi connectivity index (χ1) is 10.3. The van der Waals surface area contributed by atoms with Crippen LogP contribution in [0.5, 0.6) is 5.75 Å². The van der Waals surface area contributed by atoms with Crippen LogP contribution in [0.3, 0.4) is 0 Å². The number of hydrogen-bond donors (Lipinski definition) is 2. The quantitative estimate of drug-likeness (QED) is 0.756. The Morgan fingerprint density at radius 2 is 2.05 bits per heavy atom. The molecule has 0 fully saturated rings. The number of rotatable bonds is 5. The van der Waals surface area contributed by atoms with E-state index in [0.717, 1.165) is 34.8 Å². The van der Waals surface area contributed by atoms with Gasteiger partial charge in [-0.25, -0.2) is 4.98 Å². The second-order valence-electron chi connectivity index (χ2n) is 4.97. The maximum Gasteiger partial charge on any atom is 0.128 e. The maximum atomic E-state index is 5.95. The van der Waals surface area contributed by atoms with E-state index in [1.54, 1.807) is 12.5 Å². The van der Waals surface area contributed by atoms with Gasteiger partial charge in [-0.05, 0) is 31.5 Å². The van der Waals surface area contributed by atoms with E-state index in [0.29, 0.717) is 6.61 Å². The molecule has 0 bridgehead atoms. The molecule has 2 heterocycles. The minimum Gasteiger partial charge on any atom is -0.493 e.